The summed E-state index contributed by atoms with van der Waals surface area (Å²) in [7, 11) is 1.57. The molecule has 5 nitrogen and oxygen atoms in total. The number of ether oxygens (including phenoxy) is 1. The van der Waals surface area contributed by atoms with Crippen molar-refractivity contribution in [2.75, 3.05) is 12.0 Å². The van der Waals surface area contributed by atoms with Gasteiger partial charge in [0.25, 0.3) is 5.91 Å². The summed E-state index contributed by atoms with van der Waals surface area (Å²) in [4.78, 5) is 27.2. The van der Waals surface area contributed by atoms with Crippen LogP contribution < -0.4 is 15.0 Å². The number of anilines is 1. The molecule has 1 aromatic rings. The predicted molar refractivity (Wildman–Crippen MR) is 96.7 cm³/mol. The maximum absolute atomic E-state index is 13.1. The van der Waals surface area contributed by atoms with Gasteiger partial charge >= 0.3 is 0 Å². The lowest BCUT2D eigenvalue weighted by atomic mass is 9.53. The number of quaternary nitrogens is 1. The fourth-order valence-electron chi connectivity index (χ4n) is 6.66. The lowest BCUT2D eigenvalue weighted by Gasteiger charge is -2.55. The number of para-hydroxylation sites is 2. The van der Waals surface area contributed by atoms with Crippen molar-refractivity contribution in [3.63, 3.8) is 0 Å². The standard InChI is InChI=1S/C21H26N2O3/c1-26-18-5-3-2-4-17(18)23-19(24)9-16(20(23)25)22-21-10-13-6-14(11-21)8-15(7-13)12-21/h2-5,13-16,22H,6-12H2,1H3/p+1/t13?,14?,15?,16-,21?/m0/s1. The van der Waals surface area contributed by atoms with E-state index in [-0.39, 0.29) is 23.4 Å². The third kappa shape index (κ3) is 2.48. The van der Waals surface area contributed by atoms with Crippen LogP contribution in [-0.2, 0) is 9.59 Å². The van der Waals surface area contributed by atoms with Crippen LogP contribution in [0.4, 0.5) is 5.69 Å². The molecule has 4 bridgehead atoms. The summed E-state index contributed by atoms with van der Waals surface area (Å²) < 4.78 is 5.37. The first-order chi connectivity index (χ1) is 12.6. The van der Waals surface area contributed by atoms with Crippen LogP contribution in [0.1, 0.15) is 44.9 Å². The van der Waals surface area contributed by atoms with E-state index in [1.165, 1.54) is 43.4 Å². The first-order valence-corrected chi connectivity index (χ1v) is 9.93. The lowest BCUT2D eigenvalue weighted by molar-refractivity contribution is -0.755. The number of imide groups is 1. The summed E-state index contributed by atoms with van der Waals surface area (Å²) in [5, 5.41) is 2.30. The summed E-state index contributed by atoms with van der Waals surface area (Å²) in [5.41, 5.74) is 0.776. The molecule has 26 heavy (non-hydrogen) atoms. The van der Waals surface area contributed by atoms with Gasteiger partial charge in [-0.1, -0.05) is 12.1 Å². The van der Waals surface area contributed by atoms with Crippen molar-refractivity contribution < 1.29 is 19.6 Å². The molecule has 4 aliphatic carbocycles. The molecule has 5 aliphatic rings. The van der Waals surface area contributed by atoms with Crippen LogP contribution in [0, 0.1) is 17.8 Å². The van der Waals surface area contributed by atoms with E-state index < -0.39 is 0 Å². The average Bonchev–Trinajstić information content (AvgIpc) is 2.86. The Morgan fingerprint density at radius 2 is 1.65 bits per heavy atom. The minimum atomic E-state index is -0.274. The van der Waals surface area contributed by atoms with Gasteiger partial charge in [0.15, 0.2) is 6.04 Å². The van der Waals surface area contributed by atoms with Gasteiger partial charge < -0.3 is 10.1 Å². The highest BCUT2D eigenvalue weighted by molar-refractivity contribution is 6.22. The zero-order chi connectivity index (χ0) is 17.9. The van der Waals surface area contributed by atoms with E-state index >= 15 is 0 Å². The van der Waals surface area contributed by atoms with E-state index in [2.05, 4.69) is 5.32 Å². The van der Waals surface area contributed by atoms with Gasteiger partial charge in [0.1, 0.15) is 5.75 Å². The highest BCUT2D eigenvalue weighted by Crippen LogP contribution is 2.54. The molecule has 0 radical (unpaired) electrons. The van der Waals surface area contributed by atoms with Crippen molar-refractivity contribution in [3.8, 4) is 5.75 Å². The van der Waals surface area contributed by atoms with Crippen LogP contribution in [0.15, 0.2) is 24.3 Å². The molecule has 2 N–H and O–H groups in total. The van der Waals surface area contributed by atoms with Gasteiger partial charge in [-0.2, -0.15) is 0 Å². The Hall–Kier alpha value is -1.88. The molecule has 5 heteroatoms. The molecule has 1 aliphatic heterocycles. The smallest absolute Gasteiger partial charge is 0.292 e. The second kappa shape index (κ2) is 5.81. The Kier molecular flexibility index (Phi) is 3.64. The second-order valence-electron chi connectivity index (χ2n) is 9.00. The Morgan fingerprint density at radius 1 is 1.04 bits per heavy atom. The van der Waals surface area contributed by atoms with Crippen LogP contribution in [0.2, 0.25) is 0 Å². The SMILES string of the molecule is COc1ccccc1N1C(=O)C[C@H]([NH2+]C23CC4CC(CC(C4)C2)C3)C1=O. The topological polar surface area (TPSA) is 63.2 Å². The molecule has 1 atom stereocenters. The number of carbonyl (C=O) groups is 2. The zero-order valence-corrected chi connectivity index (χ0v) is 15.3. The summed E-state index contributed by atoms with van der Waals surface area (Å²) >= 11 is 0. The number of amides is 2. The number of benzene rings is 1. The zero-order valence-electron chi connectivity index (χ0n) is 15.3. The molecule has 4 saturated carbocycles. The van der Waals surface area contributed by atoms with Crippen LogP contribution in [0.3, 0.4) is 0 Å². The highest BCUT2D eigenvalue weighted by Gasteiger charge is 2.56. The number of nitrogens with zero attached hydrogens (tertiary/aromatic N) is 1. The summed E-state index contributed by atoms with van der Waals surface area (Å²) in [6.45, 7) is 0. The Balaban J connectivity index is 1.39. The molecule has 0 aromatic heterocycles. The Morgan fingerprint density at radius 3 is 2.27 bits per heavy atom. The van der Waals surface area contributed by atoms with E-state index in [0.29, 0.717) is 17.9 Å². The van der Waals surface area contributed by atoms with E-state index in [9.17, 15) is 9.59 Å². The van der Waals surface area contributed by atoms with E-state index in [4.69, 9.17) is 4.74 Å². The molecule has 138 valence electrons. The second-order valence-corrected chi connectivity index (χ2v) is 9.00. The first kappa shape index (κ1) is 16.3. The summed E-state index contributed by atoms with van der Waals surface area (Å²) in [5.74, 6) is 2.92. The molecule has 6 rings (SSSR count). The van der Waals surface area contributed by atoms with Crippen LogP contribution >= 0.6 is 0 Å². The number of hydrogen-bond acceptors (Lipinski definition) is 3. The minimum Gasteiger partial charge on any atom is -0.495 e. The number of methoxy groups -OCH3 is 1. The van der Waals surface area contributed by atoms with Crippen molar-refractivity contribution in [1.29, 1.82) is 0 Å². The van der Waals surface area contributed by atoms with Crippen molar-refractivity contribution in [1.82, 2.24) is 0 Å². The van der Waals surface area contributed by atoms with Gasteiger partial charge in [0.05, 0.1) is 24.8 Å². The van der Waals surface area contributed by atoms with E-state index in [1.54, 1.807) is 19.2 Å². The quantitative estimate of drug-likeness (QED) is 0.839. The van der Waals surface area contributed by atoms with Crippen molar-refractivity contribution >= 4 is 17.5 Å². The highest BCUT2D eigenvalue weighted by atomic mass is 16.5. The molecule has 1 saturated heterocycles. The number of rotatable bonds is 4. The average molecular weight is 355 g/mol. The number of hydrogen-bond donors (Lipinski definition) is 1. The van der Waals surface area contributed by atoms with Gasteiger partial charge in [-0.15, -0.1) is 0 Å². The van der Waals surface area contributed by atoms with Crippen molar-refractivity contribution in [3.05, 3.63) is 24.3 Å². The first-order valence-electron chi connectivity index (χ1n) is 9.93. The fraction of sp³-hybridized carbons (Fsp3) is 0.619. The largest absolute Gasteiger partial charge is 0.495 e. The number of carbonyl (C=O) groups excluding carboxylic acids is 2. The molecular weight excluding hydrogens is 328 g/mol. The minimum absolute atomic E-state index is 0.0738. The molecule has 1 aromatic carbocycles. The molecule has 2 amide bonds. The Labute approximate surface area is 154 Å². The molecular formula is C21H27N2O3+. The van der Waals surface area contributed by atoms with Gasteiger partial charge in [-0.3, -0.25) is 9.59 Å². The van der Waals surface area contributed by atoms with Gasteiger partial charge in [0.2, 0.25) is 5.91 Å². The molecule has 0 unspecified atom stereocenters. The van der Waals surface area contributed by atoms with Gasteiger partial charge in [-0.25, -0.2) is 4.90 Å². The summed E-state index contributed by atoms with van der Waals surface area (Å²) in [6, 6.07) is 7.01. The van der Waals surface area contributed by atoms with Gasteiger partial charge in [-0.05, 0) is 49.1 Å². The summed E-state index contributed by atoms with van der Waals surface area (Å²) in [6.07, 6.45) is 8.15. The van der Waals surface area contributed by atoms with Crippen LogP contribution in [-0.4, -0.2) is 30.5 Å². The number of nitrogens with two attached hydrogens (primary N) is 1. The van der Waals surface area contributed by atoms with Crippen LogP contribution in [0.25, 0.3) is 0 Å². The predicted octanol–water partition coefficient (Wildman–Crippen LogP) is 1.86. The molecule has 1 heterocycles. The monoisotopic (exact) mass is 355 g/mol. The van der Waals surface area contributed by atoms with Crippen LogP contribution in [0.5, 0.6) is 5.75 Å². The Bertz CT molecular complexity index is 724. The third-order valence-electron chi connectivity index (χ3n) is 7.15. The maximum atomic E-state index is 13.1. The third-order valence-corrected chi connectivity index (χ3v) is 7.15. The van der Waals surface area contributed by atoms with Gasteiger partial charge in [0, 0.05) is 19.3 Å². The van der Waals surface area contributed by atoms with E-state index in [1.807, 2.05) is 12.1 Å². The molecule has 0 spiro atoms. The van der Waals surface area contributed by atoms with E-state index in [0.717, 1.165) is 17.8 Å². The maximum Gasteiger partial charge on any atom is 0.292 e. The van der Waals surface area contributed by atoms with Crippen molar-refractivity contribution in [2.45, 2.75) is 56.5 Å². The lowest BCUT2D eigenvalue weighted by Crippen LogP contribution is -3.03. The fourth-order valence-corrected chi connectivity index (χ4v) is 6.66. The van der Waals surface area contributed by atoms with Crippen molar-refractivity contribution in [2.24, 2.45) is 17.8 Å². The normalized spacial score (nSPS) is 38.3. The molecule has 5 fully saturated rings.